The summed E-state index contributed by atoms with van der Waals surface area (Å²) < 4.78 is 0. The Labute approximate surface area is 252 Å². The molecule has 13 nitrogen and oxygen atoms in total. The van der Waals surface area contributed by atoms with E-state index >= 15 is 0 Å². The normalized spacial score (nSPS) is 13.8. The molecular weight excluding hydrogens is 576 g/mol. The molecular formula is C29H36N6O7S. The molecule has 0 aliphatic heterocycles. The van der Waals surface area contributed by atoms with Gasteiger partial charge >= 0.3 is 5.97 Å². The van der Waals surface area contributed by atoms with Crippen molar-refractivity contribution in [2.24, 2.45) is 11.5 Å². The average Bonchev–Trinajstić information content (AvgIpc) is 3.37. The summed E-state index contributed by atoms with van der Waals surface area (Å²) in [7, 11) is 0. The van der Waals surface area contributed by atoms with Gasteiger partial charge in [-0.3, -0.25) is 19.2 Å². The van der Waals surface area contributed by atoms with Gasteiger partial charge in [-0.15, -0.1) is 0 Å². The van der Waals surface area contributed by atoms with Gasteiger partial charge in [0.05, 0.1) is 12.5 Å². The zero-order chi connectivity index (χ0) is 31.5. The number of carbonyl (C=O) groups is 5. The third kappa shape index (κ3) is 9.75. The number of nitrogens with one attached hydrogen (secondary N) is 4. The van der Waals surface area contributed by atoms with Crippen molar-refractivity contribution >= 4 is 52.3 Å². The van der Waals surface area contributed by atoms with E-state index in [0.29, 0.717) is 16.9 Å². The molecule has 4 unspecified atom stereocenters. The van der Waals surface area contributed by atoms with Crippen LogP contribution in [0.1, 0.15) is 24.0 Å². The maximum Gasteiger partial charge on any atom is 0.326 e. The molecule has 4 amide bonds. The summed E-state index contributed by atoms with van der Waals surface area (Å²) >= 11 is 1.46. The third-order valence-electron chi connectivity index (χ3n) is 6.72. The van der Waals surface area contributed by atoms with Gasteiger partial charge in [0.2, 0.25) is 23.6 Å². The Morgan fingerprint density at radius 1 is 0.884 bits per heavy atom. The molecule has 1 aromatic heterocycles. The number of aromatic amines is 1. The van der Waals surface area contributed by atoms with E-state index in [0.717, 1.165) is 10.9 Å². The smallest absolute Gasteiger partial charge is 0.326 e. The molecule has 0 saturated carbocycles. The fraction of sp³-hybridized carbons (Fsp3) is 0.345. The first-order valence-electron chi connectivity index (χ1n) is 13.5. The number of para-hydroxylation sites is 1. The second-order valence-corrected chi connectivity index (χ2v) is 11.0. The molecule has 3 rings (SSSR count). The lowest BCUT2D eigenvalue weighted by molar-refractivity contribution is -0.143. The summed E-state index contributed by atoms with van der Waals surface area (Å²) in [5.74, 6) is -3.90. The van der Waals surface area contributed by atoms with Gasteiger partial charge in [-0.2, -0.15) is 11.8 Å². The van der Waals surface area contributed by atoms with Crippen LogP contribution in [0.2, 0.25) is 0 Å². The molecule has 2 aromatic carbocycles. The van der Waals surface area contributed by atoms with Gasteiger partial charge in [-0.25, -0.2) is 4.79 Å². The van der Waals surface area contributed by atoms with Crippen LogP contribution in [0.5, 0.6) is 5.75 Å². The first-order chi connectivity index (χ1) is 20.5. The molecule has 1 heterocycles. The van der Waals surface area contributed by atoms with Gasteiger partial charge < -0.3 is 42.6 Å². The van der Waals surface area contributed by atoms with Crippen LogP contribution in [-0.4, -0.2) is 81.0 Å². The number of phenolic OH excluding ortho intramolecular Hbond substituents is 1. The van der Waals surface area contributed by atoms with Gasteiger partial charge in [0.15, 0.2) is 0 Å². The Bertz CT molecular complexity index is 1440. The predicted molar refractivity (Wildman–Crippen MR) is 162 cm³/mol. The number of carbonyl (C=O) groups excluding carboxylic acids is 4. The Kier molecular flexibility index (Phi) is 12.0. The second-order valence-electron chi connectivity index (χ2n) is 10.0. The van der Waals surface area contributed by atoms with Crippen molar-refractivity contribution in [1.82, 2.24) is 20.9 Å². The molecule has 14 heteroatoms. The van der Waals surface area contributed by atoms with Crippen molar-refractivity contribution in [3.8, 4) is 5.75 Å². The molecule has 10 N–H and O–H groups in total. The number of primary amides is 1. The predicted octanol–water partition coefficient (Wildman–Crippen LogP) is 0.154. The minimum Gasteiger partial charge on any atom is -0.508 e. The van der Waals surface area contributed by atoms with E-state index in [1.54, 1.807) is 18.3 Å². The van der Waals surface area contributed by atoms with Crippen LogP contribution < -0.4 is 27.4 Å². The number of aromatic hydroxyl groups is 1. The van der Waals surface area contributed by atoms with Crippen molar-refractivity contribution in [1.29, 1.82) is 0 Å². The molecule has 0 bridgehead atoms. The number of aromatic nitrogens is 1. The summed E-state index contributed by atoms with van der Waals surface area (Å²) in [6.45, 7) is 0. The van der Waals surface area contributed by atoms with Gasteiger partial charge in [0.25, 0.3) is 0 Å². The highest BCUT2D eigenvalue weighted by Crippen LogP contribution is 2.19. The van der Waals surface area contributed by atoms with Crippen LogP contribution in [0, 0.1) is 0 Å². The van der Waals surface area contributed by atoms with Gasteiger partial charge in [0, 0.05) is 23.5 Å². The minimum atomic E-state index is -1.60. The molecule has 0 aliphatic rings. The number of hydrogen-bond acceptors (Lipinski definition) is 8. The number of H-pyrrole nitrogens is 1. The Balaban J connectivity index is 1.81. The summed E-state index contributed by atoms with van der Waals surface area (Å²) in [6.07, 6.45) is 3.25. The molecule has 3 aromatic rings. The van der Waals surface area contributed by atoms with Crippen LogP contribution in [-0.2, 0) is 36.8 Å². The number of carboxylic acid groups (broad SMARTS) is 1. The number of fused-ring (bicyclic) bond motifs is 1. The Morgan fingerprint density at radius 2 is 1.51 bits per heavy atom. The number of aliphatic carboxylic acids is 1. The molecule has 0 spiro atoms. The fourth-order valence-corrected chi connectivity index (χ4v) is 4.91. The SMILES string of the molecule is CSCCC(NC(=O)C(N)Cc1ccc(O)cc1)C(=O)NC(Cc1c[nH]c2ccccc12)C(=O)NC(CC(N)=O)C(=O)O. The first-order valence-corrected chi connectivity index (χ1v) is 14.9. The molecule has 0 radical (unpaired) electrons. The van der Waals surface area contributed by atoms with Crippen LogP contribution in [0.3, 0.4) is 0 Å². The largest absolute Gasteiger partial charge is 0.508 e. The number of rotatable bonds is 16. The van der Waals surface area contributed by atoms with Crippen molar-refractivity contribution in [2.75, 3.05) is 12.0 Å². The van der Waals surface area contributed by atoms with E-state index in [2.05, 4.69) is 20.9 Å². The Hall–Kier alpha value is -4.56. The van der Waals surface area contributed by atoms with E-state index in [-0.39, 0.29) is 25.0 Å². The number of phenols is 1. The number of benzene rings is 2. The second kappa shape index (κ2) is 15.6. The van der Waals surface area contributed by atoms with Crippen LogP contribution in [0.4, 0.5) is 0 Å². The molecule has 0 aliphatic carbocycles. The van der Waals surface area contributed by atoms with Crippen molar-refractivity contribution in [2.45, 2.75) is 49.9 Å². The summed E-state index contributed by atoms with van der Waals surface area (Å²) in [6, 6.07) is 8.65. The zero-order valence-electron chi connectivity index (χ0n) is 23.5. The minimum absolute atomic E-state index is 0.0198. The zero-order valence-corrected chi connectivity index (χ0v) is 24.4. The molecule has 0 saturated heterocycles. The Morgan fingerprint density at radius 3 is 2.16 bits per heavy atom. The highest BCUT2D eigenvalue weighted by Gasteiger charge is 2.31. The molecule has 43 heavy (non-hydrogen) atoms. The van der Waals surface area contributed by atoms with Crippen LogP contribution >= 0.6 is 11.8 Å². The quantitative estimate of drug-likeness (QED) is 0.110. The van der Waals surface area contributed by atoms with Gasteiger partial charge in [-0.05, 0) is 54.2 Å². The highest BCUT2D eigenvalue weighted by atomic mass is 32.2. The van der Waals surface area contributed by atoms with Crippen LogP contribution in [0.15, 0.2) is 54.7 Å². The molecule has 0 fully saturated rings. The maximum atomic E-state index is 13.5. The summed E-state index contributed by atoms with van der Waals surface area (Å²) in [5.41, 5.74) is 13.5. The van der Waals surface area contributed by atoms with E-state index in [4.69, 9.17) is 11.5 Å². The lowest BCUT2D eigenvalue weighted by Crippen LogP contribution is -2.58. The van der Waals surface area contributed by atoms with E-state index in [1.807, 2.05) is 30.5 Å². The fourth-order valence-electron chi connectivity index (χ4n) is 4.44. The number of nitrogens with two attached hydrogens (primary N) is 2. The lowest BCUT2D eigenvalue weighted by atomic mass is 10.0. The highest BCUT2D eigenvalue weighted by molar-refractivity contribution is 7.98. The topological polar surface area (TPSA) is 230 Å². The van der Waals surface area contributed by atoms with Crippen LogP contribution in [0.25, 0.3) is 10.9 Å². The number of carboxylic acids is 1. The first kappa shape index (κ1) is 32.9. The monoisotopic (exact) mass is 612 g/mol. The van der Waals surface area contributed by atoms with Crippen molar-refractivity contribution in [3.05, 3.63) is 65.9 Å². The average molecular weight is 613 g/mol. The summed E-state index contributed by atoms with van der Waals surface area (Å²) in [5, 5.41) is 27.4. The summed E-state index contributed by atoms with van der Waals surface area (Å²) in [4.78, 5) is 66.0. The number of amides is 4. The third-order valence-corrected chi connectivity index (χ3v) is 7.37. The van der Waals surface area contributed by atoms with Crippen molar-refractivity contribution in [3.63, 3.8) is 0 Å². The maximum absolute atomic E-state index is 13.5. The number of thioether (sulfide) groups is 1. The van der Waals surface area contributed by atoms with E-state index in [1.165, 1.54) is 23.9 Å². The lowest BCUT2D eigenvalue weighted by Gasteiger charge is -2.25. The van der Waals surface area contributed by atoms with Gasteiger partial charge in [-0.1, -0.05) is 30.3 Å². The molecule has 230 valence electrons. The van der Waals surface area contributed by atoms with E-state index < -0.39 is 60.2 Å². The van der Waals surface area contributed by atoms with E-state index in [9.17, 15) is 34.2 Å². The standard InChI is InChI=1S/C29H36N6O7S/c1-43-11-10-22(33-26(38)20(30)12-16-6-8-18(36)9-7-16)27(39)34-23(28(40)35-24(29(41)42)14-25(31)37)13-17-15-32-21-5-3-2-4-19(17)21/h2-9,15,20,22-24,32,36H,10-14,30H2,1H3,(H2,31,37)(H,33,38)(H,34,39)(H,35,40)(H,41,42). The molecule has 4 atom stereocenters. The number of hydrogen-bond donors (Lipinski definition) is 8. The van der Waals surface area contributed by atoms with Gasteiger partial charge in [0.1, 0.15) is 23.9 Å². The van der Waals surface area contributed by atoms with Crippen molar-refractivity contribution < 1.29 is 34.2 Å².